The number of fused-ring (bicyclic) bond motifs is 1. The highest BCUT2D eigenvalue weighted by atomic mass is 19.3. The molecule has 1 amide bonds. The molecular formula is C12H16F2N4O. The Hall–Kier alpha value is -1.76. The lowest BCUT2D eigenvalue weighted by atomic mass is 10.1. The van der Waals surface area contributed by atoms with Crippen LogP contribution >= 0.6 is 0 Å². The number of carbonyl (C=O) groups excluding carboxylic acids is 1. The van der Waals surface area contributed by atoms with Crippen molar-refractivity contribution in [3.05, 3.63) is 22.9 Å². The van der Waals surface area contributed by atoms with Crippen LogP contribution in [0.4, 0.5) is 14.6 Å². The van der Waals surface area contributed by atoms with Crippen LogP contribution in [-0.2, 0) is 12.8 Å². The lowest BCUT2D eigenvalue weighted by molar-refractivity contribution is 0.0252. The van der Waals surface area contributed by atoms with Gasteiger partial charge in [0.1, 0.15) is 5.82 Å². The molecule has 1 aromatic heterocycles. The summed E-state index contributed by atoms with van der Waals surface area (Å²) in [5.74, 6) is -3.61. The molecule has 104 valence electrons. The molecule has 0 radical (unpaired) electrons. The third kappa shape index (κ3) is 2.98. The van der Waals surface area contributed by atoms with Crippen LogP contribution in [0.3, 0.4) is 0 Å². The monoisotopic (exact) mass is 270 g/mol. The van der Waals surface area contributed by atoms with Crippen LogP contribution in [0, 0.1) is 0 Å². The minimum Gasteiger partial charge on any atom is -0.365 e. The van der Waals surface area contributed by atoms with Gasteiger partial charge in [-0.1, -0.05) is 0 Å². The SMILES string of the molecule is NCC(F)(F)CNc1nc2c(cc1C(N)=O)CCC2. The first-order valence-corrected chi connectivity index (χ1v) is 6.07. The van der Waals surface area contributed by atoms with Crippen molar-refractivity contribution in [2.24, 2.45) is 11.5 Å². The second-order valence-corrected chi connectivity index (χ2v) is 4.62. The zero-order chi connectivity index (χ0) is 14.0. The summed E-state index contributed by atoms with van der Waals surface area (Å²) >= 11 is 0. The van der Waals surface area contributed by atoms with E-state index in [1.54, 1.807) is 6.07 Å². The summed E-state index contributed by atoms with van der Waals surface area (Å²) in [7, 11) is 0. The molecule has 1 aliphatic rings. The average Bonchev–Trinajstić information content (AvgIpc) is 2.82. The summed E-state index contributed by atoms with van der Waals surface area (Å²) in [4.78, 5) is 15.6. The number of aryl methyl sites for hydroxylation is 2. The first-order valence-electron chi connectivity index (χ1n) is 6.07. The van der Waals surface area contributed by atoms with Gasteiger partial charge in [-0.25, -0.2) is 13.8 Å². The van der Waals surface area contributed by atoms with E-state index in [0.717, 1.165) is 30.5 Å². The number of rotatable bonds is 5. The molecule has 5 N–H and O–H groups in total. The van der Waals surface area contributed by atoms with Crippen LogP contribution in [0.5, 0.6) is 0 Å². The van der Waals surface area contributed by atoms with Crippen LogP contribution in [0.1, 0.15) is 28.0 Å². The van der Waals surface area contributed by atoms with Crippen molar-refractivity contribution in [1.82, 2.24) is 4.98 Å². The second-order valence-electron chi connectivity index (χ2n) is 4.62. The molecule has 2 rings (SSSR count). The minimum atomic E-state index is -3.05. The van der Waals surface area contributed by atoms with E-state index in [2.05, 4.69) is 10.3 Å². The van der Waals surface area contributed by atoms with Crippen molar-refractivity contribution >= 4 is 11.7 Å². The van der Waals surface area contributed by atoms with Crippen molar-refractivity contribution in [2.45, 2.75) is 25.2 Å². The third-order valence-corrected chi connectivity index (χ3v) is 3.13. The van der Waals surface area contributed by atoms with Gasteiger partial charge in [-0.15, -0.1) is 0 Å². The lowest BCUT2D eigenvalue weighted by Crippen LogP contribution is -2.36. The summed E-state index contributed by atoms with van der Waals surface area (Å²) in [6.45, 7) is -1.44. The number of nitrogens with one attached hydrogen (secondary N) is 1. The standard InChI is InChI=1S/C12H16F2N4O/c13-12(14,5-15)6-17-11-8(10(16)19)4-7-2-1-3-9(7)18-11/h4H,1-3,5-6,15H2,(H2,16,19)(H,17,18). The normalized spacial score (nSPS) is 14.3. The van der Waals surface area contributed by atoms with Gasteiger partial charge >= 0.3 is 0 Å². The Morgan fingerprint density at radius 2 is 2.21 bits per heavy atom. The minimum absolute atomic E-state index is 0.112. The number of hydrogen-bond donors (Lipinski definition) is 3. The Morgan fingerprint density at radius 1 is 1.47 bits per heavy atom. The van der Waals surface area contributed by atoms with Gasteiger partial charge in [0.25, 0.3) is 11.8 Å². The van der Waals surface area contributed by atoms with E-state index in [1.807, 2.05) is 0 Å². The number of hydrogen-bond acceptors (Lipinski definition) is 4. The van der Waals surface area contributed by atoms with E-state index in [0.29, 0.717) is 0 Å². The zero-order valence-corrected chi connectivity index (χ0v) is 10.4. The molecule has 0 atom stereocenters. The van der Waals surface area contributed by atoms with Gasteiger partial charge in [0, 0.05) is 5.69 Å². The smallest absolute Gasteiger partial charge is 0.276 e. The maximum Gasteiger partial charge on any atom is 0.276 e. The summed E-state index contributed by atoms with van der Waals surface area (Å²) in [6.07, 6.45) is 2.57. The molecule has 7 heteroatoms. The Morgan fingerprint density at radius 3 is 2.84 bits per heavy atom. The summed E-state index contributed by atoms with van der Waals surface area (Å²) in [6, 6.07) is 1.64. The van der Waals surface area contributed by atoms with E-state index in [1.165, 1.54) is 0 Å². The highest BCUT2D eigenvalue weighted by molar-refractivity contribution is 5.97. The van der Waals surface area contributed by atoms with Gasteiger partial charge < -0.3 is 16.8 Å². The Balaban J connectivity index is 2.26. The summed E-state index contributed by atoms with van der Waals surface area (Å²) in [5.41, 5.74) is 12.2. The van der Waals surface area contributed by atoms with Crippen molar-refractivity contribution < 1.29 is 13.6 Å². The Kier molecular flexibility index (Phi) is 3.66. The maximum atomic E-state index is 13.1. The third-order valence-electron chi connectivity index (χ3n) is 3.13. The highest BCUT2D eigenvalue weighted by Crippen LogP contribution is 2.25. The van der Waals surface area contributed by atoms with Crippen molar-refractivity contribution in [1.29, 1.82) is 0 Å². The first-order chi connectivity index (χ1) is 8.93. The molecule has 0 fully saturated rings. The van der Waals surface area contributed by atoms with Crippen molar-refractivity contribution in [3.63, 3.8) is 0 Å². The molecular weight excluding hydrogens is 254 g/mol. The van der Waals surface area contributed by atoms with Gasteiger partial charge in [-0.05, 0) is 30.9 Å². The number of nitrogens with zero attached hydrogens (tertiary/aromatic N) is 1. The van der Waals surface area contributed by atoms with Gasteiger partial charge in [-0.2, -0.15) is 0 Å². The van der Waals surface area contributed by atoms with Gasteiger partial charge in [0.2, 0.25) is 0 Å². The lowest BCUT2D eigenvalue weighted by Gasteiger charge is -2.17. The highest BCUT2D eigenvalue weighted by Gasteiger charge is 2.28. The fraction of sp³-hybridized carbons (Fsp3) is 0.500. The number of pyridine rings is 1. The second kappa shape index (κ2) is 5.08. The number of carbonyl (C=O) groups is 1. The van der Waals surface area contributed by atoms with Gasteiger partial charge in [0.15, 0.2) is 0 Å². The number of nitrogens with two attached hydrogens (primary N) is 2. The van der Waals surface area contributed by atoms with Crippen LogP contribution < -0.4 is 16.8 Å². The topological polar surface area (TPSA) is 94.0 Å². The molecule has 0 saturated heterocycles. The summed E-state index contributed by atoms with van der Waals surface area (Å²) < 4.78 is 26.2. The van der Waals surface area contributed by atoms with Crippen LogP contribution in [0.15, 0.2) is 6.07 Å². The number of aromatic nitrogens is 1. The fourth-order valence-corrected chi connectivity index (χ4v) is 2.08. The Labute approximate surface area is 109 Å². The van der Waals surface area contributed by atoms with E-state index >= 15 is 0 Å². The number of anilines is 1. The van der Waals surface area contributed by atoms with Gasteiger partial charge in [0.05, 0.1) is 18.7 Å². The predicted octanol–water partition coefficient (Wildman–Crippen LogP) is 0.675. The van der Waals surface area contributed by atoms with Crippen LogP contribution in [-0.4, -0.2) is 29.9 Å². The quantitative estimate of drug-likeness (QED) is 0.733. The molecule has 1 heterocycles. The van der Waals surface area contributed by atoms with E-state index in [9.17, 15) is 13.6 Å². The zero-order valence-electron chi connectivity index (χ0n) is 10.4. The molecule has 1 aliphatic carbocycles. The van der Waals surface area contributed by atoms with Crippen molar-refractivity contribution in [3.8, 4) is 0 Å². The maximum absolute atomic E-state index is 13.1. The van der Waals surface area contributed by atoms with Crippen molar-refractivity contribution in [2.75, 3.05) is 18.4 Å². The molecule has 0 spiro atoms. The summed E-state index contributed by atoms with van der Waals surface area (Å²) in [5, 5.41) is 2.47. The van der Waals surface area contributed by atoms with E-state index in [4.69, 9.17) is 11.5 Å². The number of amides is 1. The number of primary amides is 1. The van der Waals surface area contributed by atoms with Crippen LogP contribution in [0.25, 0.3) is 0 Å². The molecule has 19 heavy (non-hydrogen) atoms. The molecule has 1 aromatic rings. The first kappa shape index (κ1) is 13.7. The molecule has 0 saturated carbocycles. The van der Waals surface area contributed by atoms with E-state index < -0.39 is 24.9 Å². The predicted molar refractivity (Wildman–Crippen MR) is 67.3 cm³/mol. The fourth-order valence-electron chi connectivity index (χ4n) is 2.08. The average molecular weight is 270 g/mol. The molecule has 5 nitrogen and oxygen atoms in total. The number of halogens is 2. The van der Waals surface area contributed by atoms with E-state index in [-0.39, 0.29) is 11.4 Å². The van der Waals surface area contributed by atoms with Crippen LogP contribution in [0.2, 0.25) is 0 Å². The molecule has 0 bridgehead atoms. The molecule has 0 aromatic carbocycles. The Bertz CT molecular complexity index is 505. The van der Waals surface area contributed by atoms with Gasteiger partial charge in [-0.3, -0.25) is 4.79 Å². The molecule has 0 unspecified atom stereocenters. The molecule has 0 aliphatic heterocycles. The number of alkyl halides is 2. The largest absolute Gasteiger partial charge is 0.365 e.